The molecule has 2 aromatic carbocycles. The molecule has 146 valence electrons. The van der Waals surface area contributed by atoms with E-state index in [0.717, 1.165) is 5.56 Å². The van der Waals surface area contributed by atoms with Crippen molar-refractivity contribution in [3.05, 3.63) is 54.1 Å². The number of anilines is 1. The van der Waals surface area contributed by atoms with E-state index >= 15 is 0 Å². The number of carbonyl (C=O) groups is 1. The first-order chi connectivity index (χ1) is 12.7. The fourth-order valence-corrected chi connectivity index (χ4v) is 3.94. The number of carbonyl (C=O) groups excluding carboxylic acids is 1. The van der Waals surface area contributed by atoms with E-state index in [1.54, 1.807) is 6.07 Å². The van der Waals surface area contributed by atoms with Crippen LogP contribution in [-0.2, 0) is 14.8 Å². The Morgan fingerprint density at radius 2 is 1.81 bits per heavy atom. The van der Waals surface area contributed by atoms with Gasteiger partial charge in [-0.2, -0.15) is 0 Å². The van der Waals surface area contributed by atoms with Crippen molar-refractivity contribution in [2.75, 3.05) is 33.1 Å². The second-order valence-electron chi connectivity index (χ2n) is 6.29. The van der Waals surface area contributed by atoms with E-state index in [1.165, 1.54) is 26.2 Å². The fraction of sp³-hybridized carbons (Fsp3) is 0.316. The van der Waals surface area contributed by atoms with Crippen molar-refractivity contribution in [3.8, 4) is 5.75 Å². The number of nitrogens with one attached hydrogen (secondary N) is 2. The van der Waals surface area contributed by atoms with Gasteiger partial charge in [-0.05, 0) is 37.9 Å². The first kappa shape index (κ1) is 20.9. The van der Waals surface area contributed by atoms with Crippen LogP contribution in [0.5, 0.6) is 5.75 Å². The van der Waals surface area contributed by atoms with E-state index in [-0.39, 0.29) is 29.1 Å². The van der Waals surface area contributed by atoms with Crippen LogP contribution in [0.4, 0.5) is 5.69 Å². The number of sulfonamides is 1. The normalized spacial score (nSPS) is 12.6. The zero-order valence-corrected chi connectivity index (χ0v) is 16.7. The lowest BCUT2D eigenvalue weighted by molar-refractivity contribution is -0.114. The Bertz CT molecular complexity index is 883. The third-order valence-corrected chi connectivity index (χ3v) is 5.49. The molecule has 1 unspecified atom stereocenters. The molecule has 0 fully saturated rings. The van der Waals surface area contributed by atoms with E-state index in [9.17, 15) is 13.2 Å². The minimum Gasteiger partial charge on any atom is -0.495 e. The summed E-state index contributed by atoms with van der Waals surface area (Å²) in [5.74, 6) is -0.0778. The molecule has 0 saturated heterocycles. The number of nitrogens with zero attached hydrogens (tertiary/aromatic N) is 1. The summed E-state index contributed by atoms with van der Waals surface area (Å²) in [5, 5.41) is 2.58. The van der Waals surface area contributed by atoms with Gasteiger partial charge in [-0.15, -0.1) is 0 Å². The number of methoxy groups -OCH3 is 1. The Balaban J connectivity index is 2.28. The third kappa shape index (κ3) is 5.53. The SMILES string of the molecule is COc1ccc(NC(C)=O)cc1S(=O)(=O)NCC(c1ccccc1)N(C)C. The van der Waals surface area contributed by atoms with Crippen LogP contribution in [0.3, 0.4) is 0 Å². The first-order valence-corrected chi connectivity index (χ1v) is 9.89. The first-order valence-electron chi connectivity index (χ1n) is 8.41. The average Bonchev–Trinajstić information content (AvgIpc) is 2.62. The van der Waals surface area contributed by atoms with Gasteiger partial charge in [-0.3, -0.25) is 4.79 Å². The Labute approximate surface area is 160 Å². The molecule has 1 amide bonds. The molecular formula is C19H25N3O4S. The third-order valence-electron chi connectivity index (χ3n) is 4.05. The maximum atomic E-state index is 12.9. The monoisotopic (exact) mass is 391 g/mol. The van der Waals surface area contributed by atoms with Gasteiger partial charge in [-0.25, -0.2) is 13.1 Å². The Morgan fingerprint density at radius 1 is 1.15 bits per heavy atom. The number of hydrogen-bond donors (Lipinski definition) is 2. The van der Waals surface area contributed by atoms with Gasteiger partial charge in [0.25, 0.3) is 0 Å². The van der Waals surface area contributed by atoms with Crippen molar-refractivity contribution >= 4 is 21.6 Å². The number of likely N-dealkylation sites (N-methyl/N-ethyl adjacent to an activating group) is 1. The maximum absolute atomic E-state index is 12.9. The lowest BCUT2D eigenvalue weighted by Crippen LogP contribution is -2.34. The minimum absolute atomic E-state index is 0.0261. The van der Waals surface area contributed by atoms with Crippen LogP contribution in [0.25, 0.3) is 0 Å². The summed E-state index contributed by atoms with van der Waals surface area (Å²) in [5.41, 5.74) is 1.39. The molecule has 8 heteroatoms. The maximum Gasteiger partial charge on any atom is 0.244 e. The van der Waals surface area contributed by atoms with Crippen LogP contribution in [0.15, 0.2) is 53.4 Å². The van der Waals surface area contributed by atoms with E-state index in [1.807, 2.05) is 49.3 Å². The molecule has 1 atom stereocenters. The van der Waals surface area contributed by atoms with Gasteiger partial charge in [0.15, 0.2) is 0 Å². The molecule has 0 aliphatic carbocycles. The molecule has 0 aliphatic rings. The highest BCUT2D eigenvalue weighted by molar-refractivity contribution is 7.89. The van der Waals surface area contributed by atoms with Gasteiger partial charge in [-0.1, -0.05) is 30.3 Å². The molecule has 2 aromatic rings. The Morgan fingerprint density at radius 3 is 2.37 bits per heavy atom. The number of amides is 1. The predicted molar refractivity (Wildman–Crippen MR) is 105 cm³/mol. The second-order valence-corrected chi connectivity index (χ2v) is 8.02. The van der Waals surface area contributed by atoms with Gasteiger partial charge >= 0.3 is 0 Å². The Hall–Kier alpha value is -2.42. The number of benzene rings is 2. The van der Waals surface area contributed by atoms with Gasteiger partial charge in [0.1, 0.15) is 10.6 Å². The van der Waals surface area contributed by atoms with Gasteiger partial charge in [0, 0.05) is 25.2 Å². The smallest absolute Gasteiger partial charge is 0.244 e. The fourth-order valence-electron chi connectivity index (χ4n) is 2.71. The minimum atomic E-state index is -3.85. The summed E-state index contributed by atoms with van der Waals surface area (Å²) in [6.45, 7) is 1.55. The van der Waals surface area contributed by atoms with Crippen molar-refractivity contribution < 1.29 is 17.9 Å². The van der Waals surface area contributed by atoms with Gasteiger partial charge in [0.2, 0.25) is 15.9 Å². The summed E-state index contributed by atoms with van der Waals surface area (Å²) >= 11 is 0. The molecule has 0 saturated carbocycles. The number of ether oxygens (including phenoxy) is 1. The molecule has 0 aromatic heterocycles. The molecule has 0 aliphatic heterocycles. The van der Waals surface area contributed by atoms with Crippen LogP contribution in [-0.4, -0.2) is 47.0 Å². The highest BCUT2D eigenvalue weighted by atomic mass is 32.2. The molecular weight excluding hydrogens is 366 g/mol. The van der Waals surface area contributed by atoms with E-state index < -0.39 is 10.0 Å². The molecule has 2 N–H and O–H groups in total. The van der Waals surface area contributed by atoms with E-state index in [2.05, 4.69) is 10.0 Å². The van der Waals surface area contributed by atoms with E-state index in [4.69, 9.17) is 4.74 Å². The van der Waals surface area contributed by atoms with Crippen molar-refractivity contribution in [1.82, 2.24) is 9.62 Å². The van der Waals surface area contributed by atoms with Crippen molar-refractivity contribution in [2.24, 2.45) is 0 Å². The van der Waals surface area contributed by atoms with E-state index in [0.29, 0.717) is 5.69 Å². The quantitative estimate of drug-likeness (QED) is 0.721. The summed E-state index contributed by atoms with van der Waals surface area (Å²) in [7, 11) is 1.34. The predicted octanol–water partition coefficient (Wildman–Crippen LogP) is 2.23. The number of rotatable bonds is 8. The lowest BCUT2D eigenvalue weighted by atomic mass is 10.1. The topological polar surface area (TPSA) is 87.7 Å². The van der Waals surface area contributed by atoms with Crippen LogP contribution >= 0.6 is 0 Å². The molecule has 0 bridgehead atoms. The molecule has 7 nitrogen and oxygen atoms in total. The highest BCUT2D eigenvalue weighted by Crippen LogP contribution is 2.27. The molecule has 0 heterocycles. The summed E-state index contributed by atoms with van der Waals surface area (Å²) < 4.78 is 33.6. The molecule has 0 radical (unpaired) electrons. The standard InChI is InChI=1S/C19H25N3O4S/c1-14(23)21-16-10-11-18(26-4)19(12-16)27(24,25)20-13-17(22(2)3)15-8-6-5-7-9-15/h5-12,17,20H,13H2,1-4H3,(H,21,23). The molecule has 2 rings (SSSR count). The largest absolute Gasteiger partial charge is 0.495 e. The molecule has 27 heavy (non-hydrogen) atoms. The van der Waals surface area contributed by atoms with Crippen LogP contribution in [0, 0.1) is 0 Å². The summed E-state index contributed by atoms with van der Waals surface area (Å²) in [4.78, 5) is 13.2. The Kier molecular flexibility index (Phi) is 6.95. The van der Waals surface area contributed by atoms with Gasteiger partial charge in [0.05, 0.1) is 7.11 Å². The highest BCUT2D eigenvalue weighted by Gasteiger charge is 2.23. The van der Waals surface area contributed by atoms with Crippen LogP contribution in [0.1, 0.15) is 18.5 Å². The summed E-state index contributed by atoms with van der Waals surface area (Å²) in [6.07, 6.45) is 0. The zero-order valence-electron chi connectivity index (χ0n) is 15.9. The van der Waals surface area contributed by atoms with Crippen molar-refractivity contribution in [1.29, 1.82) is 0 Å². The average molecular weight is 391 g/mol. The van der Waals surface area contributed by atoms with Crippen molar-refractivity contribution in [3.63, 3.8) is 0 Å². The van der Waals surface area contributed by atoms with Crippen LogP contribution < -0.4 is 14.8 Å². The van der Waals surface area contributed by atoms with Crippen molar-refractivity contribution in [2.45, 2.75) is 17.9 Å². The van der Waals surface area contributed by atoms with Crippen LogP contribution in [0.2, 0.25) is 0 Å². The second kappa shape index (κ2) is 8.98. The van der Waals surface area contributed by atoms with Gasteiger partial charge < -0.3 is 15.0 Å². The molecule has 0 spiro atoms. The zero-order chi connectivity index (χ0) is 20.0. The summed E-state index contributed by atoms with van der Waals surface area (Å²) in [6, 6.07) is 14.0. The number of hydrogen-bond acceptors (Lipinski definition) is 5. The lowest BCUT2D eigenvalue weighted by Gasteiger charge is -2.25.